The molecule has 0 fully saturated rings. The third-order valence-corrected chi connectivity index (χ3v) is 4.96. The molecular weight excluding hydrogens is 492 g/mol. The molecule has 2 atom stereocenters. The van der Waals surface area contributed by atoms with Gasteiger partial charge in [0.2, 0.25) is 17.7 Å². The number of amides is 4. The number of hydrogen-bond donors (Lipinski definition) is 3. The lowest BCUT2D eigenvalue weighted by molar-refractivity contribution is -0.144. The topological polar surface area (TPSA) is 157 Å². The molecule has 0 saturated heterocycles. The lowest BCUT2D eigenvalue weighted by Crippen LogP contribution is -2.54. The first-order chi connectivity index (χ1) is 17.8. The number of ether oxygens (including phenoxy) is 2. The molecule has 0 aromatic heterocycles. The lowest BCUT2D eigenvalue weighted by Gasteiger charge is -2.33. The Morgan fingerprint density at radius 3 is 2.39 bits per heavy atom. The van der Waals surface area contributed by atoms with E-state index in [0.29, 0.717) is 11.1 Å². The Hall–Kier alpha value is -4.15. The quantitative estimate of drug-likeness (QED) is 0.246. The molecule has 4 N–H and O–H groups in total. The molecule has 0 aliphatic heterocycles. The van der Waals surface area contributed by atoms with Crippen LogP contribution in [0, 0.1) is 0 Å². The van der Waals surface area contributed by atoms with Gasteiger partial charge in [-0.15, -0.1) is 6.58 Å². The zero-order chi connectivity index (χ0) is 28.9. The average molecular weight is 531 g/mol. The standard InChI is InChI=1S/C27H38N4O7/c1-7-15-31(25(35)20(17-21(28)32)30-26(36)38-27(4,5)6)23(19-12-10-11-18(8-2)16-19)24(34)29-14-13-22(33)37-9-3/h7-8,10-12,16,20,23H,1-2,9,13-15,17H2,3-6H3,(H2,28,32)(H,29,34)(H,30,36). The van der Waals surface area contributed by atoms with Crippen molar-refractivity contribution in [3.05, 3.63) is 54.6 Å². The highest BCUT2D eigenvalue weighted by Crippen LogP contribution is 2.24. The van der Waals surface area contributed by atoms with Gasteiger partial charge in [-0.3, -0.25) is 19.2 Å². The number of alkyl carbamates (subject to hydrolysis) is 1. The maximum Gasteiger partial charge on any atom is 0.408 e. The zero-order valence-electron chi connectivity index (χ0n) is 22.5. The highest BCUT2D eigenvalue weighted by Gasteiger charge is 2.36. The number of nitrogens with two attached hydrogens (primary N) is 1. The lowest BCUT2D eigenvalue weighted by atomic mass is 10.00. The van der Waals surface area contributed by atoms with E-state index in [4.69, 9.17) is 15.2 Å². The van der Waals surface area contributed by atoms with Crippen molar-refractivity contribution >= 4 is 35.9 Å². The molecule has 0 aliphatic carbocycles. The number of hydrogen-bond acceptors (Lipinski definition) is 7. The predicted octanol–water partition coefficient (Wildman–Crippen LogP) is 2.22. The van der Waals surface area contributed by atoms with Gasteiger partial charge in [-0.05, 0) is 44.9 Å². The van der Waals surface area contributed by atoms with Crippen LogP contribution in [0.2, 0.25) is 0 Å². The zero-order valence-corrected chi connectivity index (χ0v) is 22.5. The molecule has 4 amide bonds. The fourth-order valence-electron chi connectivity index (χ4n) is 3.46. The summed E-state index contributed by atoms with van der Waals surface area (Å²) in [5, 5.41) is 5.04. The molecule has 1 aromatic carbocycles. The number of benzene rings is 1. The molecule has 11 heteroatoms. The Morgan fingerprint density at radius 2 is 1.84 bits per heavy atom. The molecule has 1 rings (SSSR count). The normalized spacial score (nSPS) is 12.3. The average Bonchev–Trinajstić information content (AvgIpc) is 2.81. The first kappa shape index (κ1) is 31.9. The maximum absolute atomic E-state index is 13.7. The van der Waals surface area contributed by atoms with E-state index in [1.807, 2.05) is 0 Å². The summed E-state index contributed by atoms with van der Waals surface area (Å²) in [4.78, 5) is 64.3. The van der Waals surface area contributed by atoms with Gasteiger partial charge >= 0.3 is 12.1 Å². The Labute approximate surface area is 223 Å². The van der Waals surface area contributed by atoms with Crippen molar-refractivity contribution in [2.45, 2.75) is 58.2 Å². The van der Waals surface area contributed by atoms with Gasteiger partial charge in [0.1, 0.15) is 17.7 Å². The summed E-state index contributed by atoms with van der Waals surface area (Å²) in [5.41, 5.74) is 5.62. The van der Waals surface area contributed by atoms with Gasteiger partial charge in [0, 0.05) is 13.1 Å². The minimum absolute atomic E-state index is 0.0354. The highest BCUT2D eigenvalue weighted by molar-refractivity contribution is 5.94. The smallest absolute Gasteiger partial charge is 0.408 e. The molecule has 0 radical (unpaired) electrons. The van der Waals surface area contributed by atoms with E-state index in [0.717, 1.165) is 0 Å². The van der Waals surface area contributed by atoms with Gasteiger partial charge < -0.3 is 30.7 Å². The van der Waals surface area contributed by atoms with E-state index in [9.17, 15) is 24.0 Å². The molecular formula is C27H38N4O7. The van der Waals surface area contributed by atoms with Crippen LogP contribution in [-0.2, 0) is 28.7 Å². The fraction of sp³-hybridized carbons (Fsp3) is 0.444. The molecule has 38 heavy (non-hydrogen) atoms. The van der Waals surface area contributed by atoms with Crippen LogP contribution in [0.25, 0.3) is 6.08 Å². The number of carbonyl (C=O) groups excluding carboxylic acids is 5. The van der Waals surface area contributed by atoms with Crippen molar-refractivity contribution < 1.29 is 33.4 Å². The van der Waals surface area contributed by atoms with E-state index < -0.39 is 53.9 Å². The largest absolute Gasteiger partial charge is 0.466 e. The molecule has 2 unspecified atom stereocenters. The Balaban J connectivity index is 3.42. The summed E-state index contributed by atoms with van der Waals surface area (Å²) in [6.45, 7) is 14.1. The minimum Gasteiger partial charge on any atom is -0.466 e. The van der Waals surface area contributed by atoms with Crippen molar-refractivity contribution in [1.82, 2.24) is 15.5 Å². The van der Waals surface area contributed by atoms with Crippen LogP contribution in [0.15, 0.2) is 43.5 Å². The van der Waals surface area contributed by atoms with Crippen molar-refractivity contribution in [1.29, 1.82) is 0 Å². The second-order valence-electron chi connectivity index (χ2n) is 9.27. The van der Waals surface area contributed by atoms with Crippen LogP contribution in [0.1, 0.15) is 57.7 Å². The van der Waals surface area contributed by atoms with Crippen molar-refractivity contribution in [2.24, 2.45) is 5.73 Å². The molecule has 0 heterocycles. The van der Waals surface area contributed by atoms with Crippen LogP contribution in [0.3, 0.4) is 0 Å². The van der Waals surface area contributed by atoms with Crippen LogP contribution in [0.4, 0.5) is 4.79 Å². The minimum atomic E-state index is -1.42. The molecule has 0 spiro atoms. The van der Waals surface area contributed by atoms with Crippen molar-refractivity contribution in [3.8, 4) is 0 Å². The van der Waals surface area contributed by atoms with Crippen molar-refractivity contribution in [3.63, 3.8) is 0 Å². The summed E-state index contributed by atoms with van der Waals surface area (Å²) in [6, 6.07) is 4.17. The van der Waals surface area contributed by atoms with Gasteiger partial charge in [-0.2, -0.15) is 0 Å². The van der Waals surface area contributed by atoms with Crippen molar-refractivity contribution in [2.75, 3.05) is 19.7 Å². The van der Waals surface area contributed by atoms with Gasteiger partial charge in [0.15, 0.2) is 0 Å². The molecule has 208 valence electrons. The summed E-state index contributed by atoms with van der Waals surface area (Å²) < 4.78 is 10.1. The highest BCUT2D eigenvalue weighted by atomic mass is 16.6. The Kier molecular flexibility index (Phi) is 12.7. The molecule has 0 bridgehead atoms. The molecule has 0 saturated carbocycles. The van der Waals surface area contributed by atoms with Crippen LogP contribution >= 0.6 is 0 Å². The SMILES string of the molecule is C=CCN(C(=O)C(CC(N)=O)NC(=O)OC(C)(C)C)C(C(=O)NCCC(=O)OCC)c1cccc(C=C)c1. The number of primary amides is 1. The van der Waals surface area contributed by atoms with Gasteiger partial charge in [-0.1, -0.05) is 36.9 Å². The predicted molar refractivity (Wildman–Crippen MR) is 142 cm³/mol. The second-order valence-corrected chi connectivity index (χ2v) is 9.27. The Bertz CT molecular complexity index is 1030. The van der Waals surface area contributed by atoms with E-state index in [1.54, 1.807) is 58.0 Å². The number of esters is 1. The van der Waals surface area contributed by atoms with E-state index >= 15 is 0 Å². The van der Waals surface area contributed by atoms with Crippen LogP contribution in [-0.4, -0.2) is 66.0 Å². The summed E-state index contributed by atoms with van der Waals surface area (Å²) in [6.07, 6.45) is 1.45. The Morgan fingerprint density at radius 1 is 1.16 bits per heavy atom. The summed E-state index contributed by atoms with van der Waals surface area (Å²) in [5.74, 6) is -2.69. The van der Waals surface area contributed by atoms with Gasteiger partial charge in [0.05, 0.1) is 19.4 Å². The second kappa shape index (κ2) is 15.2. The number of rotatable bonds is 14. The van der Waals surface area contributed by atoms with Gasteiger partial charge in [0.25, 0.3) is 0 Å². The third-order valence-electron chi connectivity index (χ3n) is 4.96. The number of nitrogens with one attached hydrogen (secondary N) is 2. The monoisotopic (exact) mass is 530 g/mol. The van der Waals surface area contributed by atoms with Crippen LogP contribution < -0.4 is 16.4 Å². The first-order valence-corrected chi connectivity index (χ1v) is 12.2. The van der Waals surface area contributed by atoms with E-state index in [1.165, 1.54) is 11.0 Å². The van der Waals surface area contributed by atoms with E-state index in [2.05, 4.69) is 23.8 Å². The van der Waals surface area contributed by atoms with Crippen LogP contribution in [0.5, 0.6) is 0 Å². The molecule has 0 aliphatic rings. The third kappa shape index (κ3) is 10.9. The first-order valence-electron chi connectivity index (χ1n) is 12.2. The maximum atomic E-state index is 13.7. The molecule has 11 nitrogen and oxygen atoms in total. The molecule has 1 aromatic rings. The van der Waals surface area contributed by atoms with Gasteiger partial charge in [-0.25, -0.2) is 4.79 Å². The number of carbonyl (C=O) groups is 5. The number of nitrogens with zero attached hydrogens (tertiary/aromatic N) is 1. The summed E-state index contributed by atoms with van der Waals surface area (Å²) in [7, 11) is 0. The summed E-state index contributed by atoms with van der Waals surface area (Å²) >= 11 is 0. The fourth-order valence-corrected chi connectivity index (χ4v) is 3.46. The van der Waals surface area contributed by atoms with E-state index in [-0.39, 0.29) is 26.1 Å².